The summed E-state index contributed by atoms with van der Waals surface area (Å²) in [5.41, 5.74) is 7.75. The van der Waals surface area contributed by atoms with Crippen molar-refractivity contribution in [2.24, 2.45) is 0 Å². The summed E-state index contributed by atoms with van der Waals surface area (Å²) >= 11 is 0. The Morgan fingerprint density at radius 1 is 0.415 bits per heavy atom. The van der Waals surface area contributed by atoms with E-state index in [1.807, 2.05) is 84.9 Å². The lowest BCUT2D eigenvalue weighted by atomic mass is 9.81. The van der Waals surface area contributed by atoms with E-state index >= 15 is 19.2 Å². The second kappa shape index (κ2) is 14.8. The molecule has 7 heteroatoms. The lowest BCUT2D eigenvalue weighted by Crippen LogP contribution is -2.42. The molecule has 7 nitrogen and oxygen atoms in total. The maximum Gasteiger partial charge on any atom is 0.266 e. The third-order valence-electron chi connectivity index (χ3n) is 13.8. The van der Waals surface area contributed by atoms with Crippen molar-refractivity contribution in [2.75, 3.05) is 9.80 Å². The first-order chi connectivity index (χ1) is 30.9. The fourth-order valence-electron chi connectivity index (χ4n) is 10.5. The molecule has 0 bridgehead atoms. The van der Waals surface area contributed by atoms with Crippen LogP contribution in [0.5, 0.6) is 11.5 Å². The minimum absolute atomic E-state index is 0.0442. The van der Waals surface area contributed by atoms with Gasteiger partial charge in [-0.05, 0) is 115 Å². The first kappa shape index (κ1) is 42.1. The second-order valence-corrected chi connectivity index (χ2v) is 20.2. The first-order valence-corrected chi connectivity index (χ1v) is 23.0. The standard InChI is InChI=1S/C58H54N2O5/c1-29(2)35-14-12-15-36(30(3)4)52(35)59-54(61)42-25-22-39-40-23-26-44-49-45(57(64)60(56(44)63)53-37(31(5)6)16-13-17-38(53)32(7)8)28-46(65-34-20-18-33(19-21-34)58(9,10)11)50(51(40)49)41-24-27-43(55(59)62)48(42)47(39)41/h12-32H,1-11H3. The SMILES string of the molecule is CC(C)c1cccc(C(C)C)c1N1C(=O)c2ccc3c4ccc5c6c(cc(Oc7ccc(C(C)(C)C)cc7)c(c7ccc(c2c37)C1=O)c64)C(=O)N(c1c(C(C)C)cccc1C(C)C)C5=O. The van der Waals surface area contributed by atoms with Gasteiger partial charge in [0.2, 0.25) is 0 Å². The minimum atomic E-state index is -0.413. The molecule has 0 unspecified atom stereocenters. The van der Waals surface area contributed by atoms with E-state index in [0.717, 1.165) is 54.7 Å². The van der Waals surface area contributed by atoms with Gasteiger partial charge in [0.15, 0.2) is 0 Å². The molecule has 0 saturated carbocycles. The molecular weight excluding hydrogens is 805 g/mol. The van der Waals surface area contributed by atoms with E-state index in [2.05, 4.69) is 88.3 Å². The molecule has 4 amide bonds. The number of rotatable bonds is 8. The monoisotopic (exact) mass is 858 g/mol. The van der Waals surface area contributed by atoms with Crippen LogP contribution in [0.2, 0.25) is 0 Å². The first-order valence-electron chi connectivity index (χ1n) is 23.0. The van der Waals surface area contributed by atoms with Crippen molar-refractivity contribution in [3.05, 3.63) is 153 Å². The number of nitrogens with zero attached hydrogens (tertiary/aromatic N) is 2. The third-order valence-corrected chi connectivity index (χ3v) is 13.8. The Hall–Kier alpha value is -6.86. The molecule has 2 heterocycles. The van der Waals surface area contributed by atoms with Crippen LogP contribution in [-0.4, -0.2) is 23.6 Å². The molecule has 0 atom stereocenters. The van der Waals surface area contributed by atoms with Crippen LogP contribution in [0.15, 0.2) is 103 Å². The van der Waals surface area contributed by atoms with Gasteiger partial charge < -0.3 is 4.74 Å². The number of hydrogen-bond donors (Lipinski definition) is 0. The van der Waals surface area contributed by atoms with Crippen molar-refractivity contribution in [3.63, 3.8) is 0 Å². The Bertz CT molecular complexity index is 3290. The van der Waals surface area contributed by atoms with Crippen molar-refractivity contribution in [1.82, 2.24) is 0 Å². The molecule has 0 radical (unpaired) electrons. The van der Waals surface area contributed by atoms with Gasteiger partial charge in [-0.15, -0.1) is 0 Å². The molecule has 8 aromatic carbocycles. The van der Waals surface area contributed by atoms with Crippen LogP contribution in [0.1, 0.15) is 169 Å². The Morgan fingerprint density at radius 2 is 0.800 bits per heavy atom. The highest BCUT2D eigenvalue weighted by atomic mass is 16.5. The van der Waals surface area contributed by atoms with Gasteiger partial charge in [-0.2, -0.15) is 0 Å². The highest BCUT2D eigenvalue weighted by Gasteiger charge is 2.41. The van der Waals surface area contributed by atoms with Gasteiger partial charge in [0.1, 0.15) is 11.5 Å². The Morgan fingerprint density at radius 3 is 1.22 bits per heavy atom. The predicted molar refractivity (Wildman–Crippen MR) is 264 cm³/mol. The Kier molecular flexibility index (Phi) is 9.62. The van der Waals surface area contributed by atoms with Crippen molar-refractivity contribution >= 4 is 78.1 Å². The normalized spacial score (nSPS) is 14.4. The van der Waals surface area contributed by atoms with Gasteiger partial charge in [-0.3, -0.25) is 19.2 Å². The zero-order chi connectivity index (χ0) is 46.1. The zero-order valence-electron chi connectivity index (χ0n) is 39.1. The number of carbonyl (C=O) groups excluding carboxylic acids is 4. The largest absolute Gasteiger partial charge is 0.457 e. The third kappa shape index (κ3) is 6.15. The van der Waals surface area contributed by atoms with E-state index in [0.29, 0.717) is 61.3 Å². The van der Waals surface area contributed by atoms with Crippen LogP contribution < -0.4 is 14.5 Å². The number of amides is 4. The highest BCUT2D eigenvalue weighted by molar-refractivity contribution is 6.46. The molecule has 65 heavy (non-hydrogen) atoms. The van der Waals surface area contributed by atoms with Crippen molar-refractivity contribution in [1.29, 1.82) is 0 Å². The summed E-state index contributed by atoms with van der Waals surface area (Å²) in [5.74, 6) is -0.289. The molecule has 0 N–H and O–H groups in total. The van der Waals surface area contributed by atoms with Gasteiger partial charge in [0.25, 0.3) is 23.6 Å². The summed E-state index contributed by atoms with van der Waals surface area (Å²) in [6.45, 7) is 23.1. The van der Waals surface area contributed by atoms with E-state index in [-0.39, 0.29) is 46.8 Å². The highest BCUT2D eigenvalue weighted by Crippen LogP contribution is 2.52. The average molecular weight is 859 g/mol. The van der Waals surface area contributed by atoms with E-state index in [1.54, 1.807) is 6.07 Å². The number of imide groups is 2. The number of fused-ring (bicyclic) bond motifs is 2. The molecule has 2 aliphatic heterocycles. The molecule has 326 valence electrons. The molecule has 8 aromatic rings. The van der Waals surface area contributed by atoms with E-state index in [9.17, 15) is 0 Å². The summed E-state index contributed by atoms with van der Waals surface area (Å²) in [7, 11) is 0. The van der Waals surface area contributed by atoms with Crippen molar-refractivity contribution in [2.45, 2.75) is 105 Å². The topological polar surface area (TPSA) is 84.0 Å². The quantitative estimate of drug-likeness (QED) is 0.0863. The summed E-state index contributed by atoms with van der Waals surface area (Å²) in [6.07, 6.45) is 0. The van der Waals surface area contributed by atoms with Gasteiger partial charge in [0.05, 0.1) is 16.9 Å². The molecule has 10 rings (SSSR count). The lowest BCUT2D eigenvalue weighted by Gasteiger charge is -2.34. The van der Waals surface area contributed by atoms with E-state index in [1.165, 1.54) is 9.80 Å². The number of carbonyl (C=O) groups is 4. The fraction of sp³-hybridized carbons (Fsp3) is 0.276. The van der Waals surface area contributed by atoms with Crippen LogP contribution in [0.4, 0.5) is 11.4 Å². The van der Waals surface area contributed by atoms with Gasteiger partial charge in [-0.25, -0.2) is 9.80 Å². The predicted octanol–water partition coefficient (Wildman–Crippen LogP) is 14.9. The fourth-order valence-corrected chi connectivity index (χ4v) is 10.5. The number of para-hydroxylation sites is 2. The molecule has 0 spiro atoms. The summed E-state index contributed by atoms with van der Waals surface area (Å²) in [4.78, 5) is 63.3. The number of anilines is 2. The Balaban J connectivity index is 1.27. The van der Waals surface area contributed by atoms with Crippen LogP contribution in [0.25, 0.3) is 43.1 Å². The molecule has 0 fully saturated rings. The molecule has 0 aliphatic carbocycles. The maximum absolute atomic E-state index is 15.3. The maximum atomic E-state index is 15.3. The summed E-state index contributed by atoms with van der Waals surface area (Å²) < 4.78 is 6.95. The molecule has 0 aromatic heterocycles. The minimum Gasteiger partial charge on any atom is -0.457 e. The second-order valence-electron chi connectivity index (χ2n) is 20.2. The Labute approximate surface area is 380 Å². The van der Waals surface area contributed by atoms with Crippen molar-refractivity contribution in [3.8, 4) is 11.5 Å². The van der Waals surface area contributed by atoms with Gasteiger partial charge in [0, 0.05) is 38.2 Å². The van der Waals surface area contributed by atoms with E-state index < -0.39 is 5.91 Å². The van der Waals surface area contributed by atoms with Crippen LogP contribution in [0.3, 0.4) is 0 Å². The lowest BCUT2D eigenvalue weighted by molar-refractivity contribution is 0.0877. The smallest absolute Gasteiger partial charge is 0.266 e. The summed E-state index contributed by atoms with van der Waals surface area (Å²) in [5, 5.41) is 5.69. The van der Waals surface area contributed by atoms with Gasteiger partial charge in [-0.1, -0.05) is 143 Å². The van der Waals surface area contributed by atoms with Crippen LogP contribution >= 0.6 is 0 Å². The number of hydrogen-bond acceptors (Lipinski definition) is 5. The zero-order valence-corrected chi connectivity index (χ0v) is 39.1. The van der Waals surface area contributed by atoms with Gasteiger partial charge >= 0.3 is 0 Å². The number of ether oxygens (including phenoxy) is 1. The average Bonchev–Trinajstić information content (AvgIpc) is 3.26. The summed E-state index contributed by atoms with van der Waals surface area (Å²) in [6, 6.07) is 33.2. The molecule has 2 aliphatic rings. The van der Waals surface area contributed by atoms with E-state index in [4.69, 9.17) is 4.74 Å². The van der Waals surface area contributed by atoms with Crippen molar-refractivity contribution < 1.29 is 23.9 Å². The van der Waals surface area contributed by atoms with Crippen LogP contribution in [0, 0.1) is 0 Å². The molecular formula is C58H54N2O5. The van der Waals surface area contributed by atoms with Crippen LogP contribution in [-0.2, 0) is 5.41 Å². The number of benzene rings is 8. The molecule has 0 saturated heterocycles.